The molecule has 6 nitrogen and oxygen atoms in total. The van der Waals surface area contributed by atoms with E-state index < -0.39 is 10.0 Å². The fourth-order valence-corrected chi connectivity index (χ4v) is 3.34. The molecule has 0 bridgehead atoms. The summed E-state index contributed by atoms with van der Waals surface area (Å²) in [5, 5.41) is 0. The van der Waals surface area contributed by atoms with Crippen LogP contribution in [-0.2, 0) is 14.8 Å². The molecular weight excluding hydrogens is 290 g/mol. The van der Waals surface area contributed by atoms with Gasteiger partial charge in [-0.05, 0) is 32.0 Å². The van der Waals surface area contributed by atoms with E-state index in [-0.39, 0.29) is 17.0 Å². The van der Waals surface area contributed by atoms with E-state index in [0.29, 0.717) is 12.3 Å². The van der Waals surface area contributed by atoms with Gasteiger partial charge in [-0.1, -0.05) is 0 Å². The van der Waals surface area contributed by atoms with Crippen LogP contribution in [0, 0.1) is 0 Å². The minimum atomic E-state index is -3.46. The van der Waals surface area contributed by atoms with Crippen molar-refractivity contribution in [1.29, 1.82) is 0 Å². The van der Waals surface area contributed by atoms with Gasteiger partial charge < -0.3 is 15.4 Å². The van der Waals surface area contributed by atoms with E-state index in [2.05, 4.69) is 11.8 Å². The summed E-state index contributed by atoms with van der Waals surface area (Å²) in [6.45, 7) is 5.46. The van der Waals surface area contributed by atoms with Gasteiger partial charge in [0.2, 0.25) is 10.0 Å². The molecule has 1 heterocycles. The van der Waals surface area contributed by atoms with Gasteiger partial charge in [-0.3, -0.25) is 0 Å². The monoisotopic (exact) mass is 313 g/mol. The highest BCUT2D eigenvalue weighted by molar-refractivity contribution is 7.89. The maximum absolute atomic E-state index is 12.1. The lowest BCUT2D eigenvalue weighted by atomic mass is 10.1. The third-order valence-corrected chi connectivity index (χ3v) is 5.51. The zero-order valence-corrected chi connectivity index (χ0v) is 13.7. The fourth-order valence-electron chi connectivity index (χ4n) is 2.40. The second-order valence-electron chi connectivity index (χ2n) is 5.65. The lowest BCUT2D eigenvalue weighted by Gasteiger charge is -2.39. The van der Waals surface area contributed by atoms with Crippen LogP contribution in [0.5, 0.6) is 0 Å². The number of benzene rings is 1. The second-order valence-corrected chi connectivity index (χ2v) is 7.81. The summed E-state index contributed by atoms with van der Waals surface area (Å²) in [5.41, 5.74) is 7.42. The van der Waals surface area contributed by atoms with Crippen molar-refractivity contribution in [2.45, 2.75) is 30.9 Å². The summed E-state index contributed by atoms with van der Waals surface area (Å²) in [4.78, 5) is 2.37. The molecule has 7 heteroatoms. The van der Waals surface area contributed by atoms with Gasteiger partial charge in [-0.2, -0.15) is 0 Å². The highest BCUT2D eigenvalue weighted by Gasteiger charge is 2.26. The minimum Gasteiger partial charge on any atom is -0.397 e. The van der Waals surface area contributed by atoms with Crippen molar-refractivity contribution in [1.82, 2.24) is 4.31 Å². The molecule has 2 atom stereocenters. The van der Waals surface area contributed by atoms with Crippen molar-refractivity contribution >= 4 is 21.4 Å². The van der Waals surface area contributed by atoms with Crippen molar-refractivity contribution in [2.75, 3.05) is 37.9 Å². The van der Waals surface area contributed by atoms with E-state index in [1.165, 1.54) is 24.5 Å². The van der Waals surface area contributed by atoms with E-state index in [4.69, 9.17) is 10.5 Å². The quantitative estimate of drug-likeness (QED) is 0.847. The van der Waals surface area contributed by atoms with E-state index in [9.17, 15) is 8.42 Å². The molecule has 0 aromatic heterocycles. The van der Waals surface area contributed by atoms with Gasteiger partial charge in [0.05, 0.1) is 29.0 Å². The summed E-state index contributed by atoms with van der Waals surface area (Å²) in [5.74, 6) is 0. The van der Waals surface area contributed by atoms with Crippen LogP contribution < -0.4 is 10.6 Å². The number of nitrogen functional groups attached to an aromatic ring is 1. The van der Waals surface area contributed by atoms with Crippen molar-refractivity contribution in [2.24, 2.45) is 0 Å². The first-order valence-electron chi connectivity index (χ1n) is 6.93. The molecule has 0 saturated carbocycles. The van der Waals surface area contributed by atoms with E-state index in [1.807, 2.05) is 6.92 Å². The smallest absolute Gasteiger partial charge is 0.242 e. The third-order valence-electron chi connectivity index (χ3n) is 3.69. The topological polar surface area (TPSA) is 75.9 Å². The van der Waals surface area contributed by atoms with Crippen LogP contribution in [0.1, 0.15) is 13.8 Å². The van der Waals surface area contributed by atoms with Gasteiger partial charge in [-0.25, -0.2) is 12.7 Å². The highest BCUT2D eigenvalue weighted by atomic mass is 32.2. The van der Waals surface area contributed by atoms with E-state index in [0.717, 1.165) is 12.2 Å². The van der Waals surface area contributed by atoms with Crippen LogP contribution in [0.3, 0.4) is 0 Å². The van der Waals surface area contributed by atoms with Gasteiger partial charge >= 0.3 is 0 Å². The summed E-state index contributed by atoms with van der Waals surface area (Å²) in [7, 11) is -0.451. The molecule has 2 rings (SSSR count). The summed E-state index contributed by atoms with van der Waals surface area (Å²) in [6.07, 6.45) is 0.130. The third kappa shape index (κ3) is 3.14. The molecule has 1 fully saturated rings. The van der Waals surface area contributed by atoms with E-state index >= 15 is 0 Å². The number of rotatable bonds is 3. The predicted octanol–water partition coefficient (Wildman–Crippen LogP) is 1.13. The molecule has 118 valence electrons. The Hall–Kier alpha value is -1.31. The number of nitrogens with zero attached hydrogens (tertiary/aromatic N) is 2. The summed E-state index contributed by atoms with van der Waals surface area (Å²) >= 11 is 0. The van der Waals surface area contributed by atoms with Crippen LogP contribution >= 0.6 is 0 Å². The molecular formula is C14H23N3O3S. The minimum absolute atomic E-state index is 0.130. The first-order valence-corrected chi connectivity index (χ1v) is 8.37. The lowest BCUT2D eigenvalue weighted by molar-refractivity contribution is 0.0344. The Labute approximate surface area is 126 Å². The van der Waals surface area contributed by atoms with Crippen LogP contribution in [0.25, 0.3) is 0 Å². The highest BCUT2D eigenvalue weighted by Crippen LogP contribution is 2.30. The van der Waals surface area contributed by atoms with Crippen LogP contribution in [-0.4, -0.2) is 52.1 Å². The summed E-state index contributed by atoms with van der Waals surface area (Å²) < 4.78 is 31.0. The second kappa shape index (κ2) is 5.82. The standard InChI is InChI=1S/C14H23N3O3S/c1-10-9-20-11(2)8-17(10)14-6-5-12(7-13(14)15)21(18,19)16(3)4/h5-7,10-11H,8-9,15H2,1-4H3. The van der Waals surface area contributed by atoms with Crippen molar-refractivity contribution < 1.29 is 13.2 Å². The number of hydrogen-bond acceptors (Lipinski definition) is 5. The van der Waals surface area contributed by atoms with E-state index in [1.54, 1.807) is 12.1 Å². The Balaban J connectivity index is 2.36. The SMILES string of the molecule is CC1CN(c2ccc(S(=O)(=O)N(C)C)cc2N)C(C)CO1. The molecule has 1 aromatic rings. The molecule has 0 aliphatic carbocycles. The van der Waals surface area contributed by atoms with Gasteiger partial charge in [0.1, 0.15) is 0 Å². The van der Waals surface area contributed by atoms with Crippen molar-refractivity contribution in [3.8, 4) is 0 Å². The molecule has 1 aliphatic heterocycles. The first kappa shape index (κ1) is 16.1. The molecule has 2 N–H and O–H groups in total. The maximum Gasteiger partial charge on any atom is 0.242 e. The molecule has 0 radical (unpaired) electrons. The summed E-state index contributed by atoms with van der Waals surface area (Å²) in [6, 6.07) is 5.12. The van der Waals surface area contributed by atoms with Crippen molar-refractivity contribution in [3.63, 3.8) is 0 Å². The molecule has 0 amide bonds. The number of hydrogen-bond donors (Lipinski definition) is 1. The van der Waals surface area contributed by atoms with Crippen LogP contribution in [0.4, 0.5) is 11.4 Å². The number of ether oxygens (including phenoxy) is 1. The number of anilines is 2. The Kier molecular flexibility index (Phi) is 4.46. The van der Waals surface area contributed by atoms with Crippen LogP contribution in [0.2, 0.25) is 0 Å². The Morgan fingerprint density at radius 2 is 2.00 bits per heavy atom. The molecule has 1 aliphatic rings. The molecule has 1 saturated heterocycles. The average Bonchev–Trinajstić information content (AvgIpc) is 2.41. The zero-order valence-electron chi connectivity index (χ0n) is 12.9. The molecule has 21 heavy (non-hydrogen) atoms. The Bertz CT molecular complexity index is 616. The number of nitrogens with two attached hydrogens (primary N) is 1. The van der Waals surface area contributed by atoms with Crippen LogP contribution in [0.15, 0.2) is 23.1 Å². The Morgan fingerprint density at radius 3 is 2.57 bits per heavy atom. The average molecular weight is 313 g/mol. The molecule has 2 unspecified atom stereocenters. The fraction of sp³-hybridized carbons (Fsp3) is 0.571. The number of morpholine rings is 1. The molecule has 0 spiro atoms. The molecule has 1 aromatic carbocycles. The Morgan fingerprint density at radius 1 is 1.33 bits per heavy atom. The predicted molar refractivity (Wildman–Crippen MR) is 83.9 cm³/mol. The number of sulfonamides is 1. The van der Waals surface area contributed by atoms with Gasteiger partial charge in [0, 0.05) is 26.7 Å². The normalized spacial score (nSPS) is 23.6. The van der Waals surface area contributed by atoms with Gasteiger partial charge in [0.25, 0.3) is 0 Å². The lowest BCUT2D eigenvalue weighted by Crippen LogP contribution is -2.47. The largest absolute Gasteiger partial charge is 0.397 e. The van der Waals surface area contributed by atoms with Gasteiger partial charge in [0.15, 0.2) is 0 Å². The zero-order chi connectivity index (χ0) is 15.8. The van der Waals surface area contributed by atoms with Crippen molar-refractivity contribution in [3.05, 3.63) is 18.2 Å². The first-order chi connectivity index (χ1) is 9.73. The van der Waals surface area contributed by atoms with Gasteiger partial charge in [-0.15, -0.1) is 0 Å². The maximum atomic E-state index is 12.1.